The number of nitrogens with two attached hydrogens (primary N) is 1. The molecule has 0 aromatic heterocycles. The molecule has 0 saturated carbocycles. The van der Waals surface area contributed by atoms with Gasteiger partial charge in [-0.15, -0.1) is 0 Å². The molecule has 7 heteroatoms. The number of benzene rings is 1. The zero-order chi connectivity index (χ0) is 19.7. The standard InChI is InChI=1S/C20H22IN3O3/c1-4-27-19-13(21)8-11(9-16(19)26-3)17-12(10-22)20(23)24(2)14-6-5-7-15(25)18(14)17/h8-9,17H,4-7,23H2,1-3H3/t17-/m0/s1. The molecule has 3 rings (SSSR count). The molecule has 0 radical (unpaired) electrons. The zero-order valence-corrected chi connectivity index (χ0v) is 17.8. The molecule has 6 nitrogen and oxygen atoms in total. The highest BCUT2D eigenvalue weighted by atomic mass is 127. The van der Waals surface area contributed by atoms with Crippen molar-refractivity contribution in [1.29, 1.82) is 5.26 Å². The second kappa shape index (κ2) is 7.80. The van der Waals surface area contributed by atoms with Gasteiger partial charge in [0.2, 0.25) is 0 Å². The van der Waals surface area contributed by atoms with E-state index < -0.39 is 5.92 Å². The molecule has 0 saturated heterocycles. The quantitative estimate of drug-likeness (QED) is 0.666. The average Bonchev–Trinajstić information content (AvgIpc) is 2.66. The largest absolute Gasteiger partial charge is 0.493 e. The number of hydrogen-bond acceptors (Lipinski definition) is 6. The molecule has 1 aliphatic carbocycles. The van der Waals surface area contributed by atoms with E-state index in [0.29, 0.717) is 41.5 Å². The summed E-state index contributed by atoms with van der Waals surface area (Å²) in [6.45, 7) is 2.43. The van der Waals surface area contributed by atoms with Crippen LogP contribution in [0.5, 0.6) is 11.5 Å². The molecule has 1 aromatic carbocycles. The number of nitrogens with zero attached hydrogens (tertiary/aromatic N) is 2. The highest BCUT2D eigenvalue weighted by Crippen LogP contribution is 2.46. The predicted octanol–water partition coefficient (Wildman–Crippen LogP) is 3.43. The number of rotatable bonds is 4. The first-order valence-electron chi connectivity index (χ1n) is 8.84. The van der Waals surface area contributed by atoms with Gasteiger partial charge >= 0.3 is 0 Å². The second-order valence-electron chi connectivity index (χ2n) is 6.51. The van der Waals surface area contributed by atoms with Crippen LogP contribution in [-0.2, 0) is 4.79 Å². The fraction of sp³-hybridized carbons (Fsp3) is 0.400. The maximum Gasteiger partial charge on any atom is 0.174 e. The number of carbonyl (C=O) groups is 1. The lowest BCUT2D eigenvalue weighted by Crippen LogP contribution is -2.36. The summed E-state index contributed by atoms with van der Waals surface area (Å²) in [7, 11) is 3.40. The molecule has 0 bridgehead atoms. The maximum atomic E-state index is 12.8. The van der Waals surface area contributed by atoms with Crippen LogP contribution in [-0.4, -0.2) is 31.4 Å². The summed E-state index contributed by atoms with van der Waals surface area (Å²) < 4.78 is 12.1. The number of allylic oxidation sites excluding steroid dienone is 3. The number of ketones is 1. The molecule has 1 heterocycles. The van der Waals surface area contributed by atoms with E-state index in [4.69, 9.17) is 15.2 Å². The summed E-state index contributed by atoms with van der Waals surface area (Å²) in [5, 5.41) is 9.82. The molecule has 1 aromatic rings. The first kappa shape index (κ1) is 19.5. The number of methoxy groups -OCH3 is 1. The minimum atomic E-state index is -0.480. The van der Waals surface area contributed by atoms with Crippen molar-refractivity contribution in [2.75, 3.05) is 20.8 Å². The number of nitriles is 1. The van der Waals surface area contributed by atoms with Crippen LogP contribution in [0.2, 0.25) is 0 Å². The first-order valence-corrected chi connectivity index (χ1v) is 9.92. The minimum absolute atomic E-state index is 0.0798. The van der Waals surface area contributed by atoms with Gasteiger partial charge in [-0.25, -0.2) is 0 Å². The average molecular weight is 479 g/mol. The van der Waals surface area contributed by atoms with E-state index in [1.807, 2.05) is 26.1 Å². The molecule has 1 atom stereocenters. The lowest BCUT2D eigenvalue weighted by Gasteiger charge is -2.37. The van der Waals surface area contributed by atoms with Gasteiger partial charge in [0.05, 0.1) is 34.8 Å². The van der Waals surface area contributed by atoms with Crippen LogP contribution >= 0.6 is 22.6 Å². The van der Waals surface area contributed by atoms with Crippen LogP contribution in [0.4, 0.5) is 0 Å². The van der Waals surface area contributed by atoms with E-state index in [2.05, 4.69) is 28.7 Å². The molecule has 2 aliphatic rings. The van der Waals surface area contributed by atoms with Gasteiger partial charge in [0.25, 0.3) is 0 Å². The lowest BCUT2D eigenvalue weighted by atomic mass is 9.76. The Morgan fingerprint density at radius 2 is 2.15 bits per heavy atom. The van der Waals surface area contributed by atoms with Crippen molar-refractivity contribution < 1.29 is 14.3 Å². The van der Waals surface area contributed by atoms with Crippen molar-refractivity contribution in [3.63, 3.8) is 0 Å². The Kier molecular flexibility index (Phi) is 5.65. The molecule has 0 amide bonds. The summed E-state index contributed by atoms with van der Waals surface area (Å²) in [6.07, 6.45) is 2.07. The van der Waals surface area contributed by atoms with Crippen molar-refractivity contribution in [2.24, 2.45) is 5.73 Å². The SMILES string of the molecule is CCOc1c(I)cc([C@H]2C(C#N)=C(N)N(C)C3=C2C(=O)CCC3)cc1OC. The minimum Gasteiger partial charge on any atom is -0.493 e. The summed E-state index contributed by atoms with van der Waals surface area (Å²) in [4.78, 5) is 14.6. The van der Waals surface area contributed by atoms with Gasteiger partial charge in [-0.3, -0.25) is 4.79 Å². The number of halogens is 1. The fourth-order valence-electron chi connectivity index (χ4n) is 3.79. The van der Waals surface area contributed by atoms with Gasteiger partial charge in [-0.05, 0) is 60.1 Å². The molecule has 2 N–H and O–H groups in total. The van der Waals surface area contributed by atoms with Crippen molar-refractivity contribution >= 4 is 28.4 Å². The Balaban J connectivity index is 2.24. The highest BCUT2D eigenvalue weighted by molar-refractivity contribution is 14.1. The molecule has 27 heavy (non-hydrogen) atoms. The van der Waals surface area contributed by atoms with E-state index in [1.54, 1.807) is 12.0 Å². The lowest BCUT2D eigenvalue weighted by molar-refractivity contribution is -0.116. The van der Waals surface area contributed by atoms with Crippen molar-refractivity contribution in [3.05, 3.63) is 43.9 Å². The molecular formula is C20H22IN3O3. The number of Topliss-reactive ketones (excluding diaryl/α,β-unsaturated/α-hetero) is 1. The molecule has 0 spiro atoms. The van der Waals surface area contributed by atoms with Gasteiger partial charge in [-0.2, -0.15) is 5.26 Å². The molecule has 0 unspecified atom stereocenters. The number of carbonyl (C=O) groups excluding carboxylic acids is 1. The van der Waals surface area contributed by atoms with Crippen LogP contribution in [0.1, 0.15) is 37.7 Å². The van der Waals surface area contributed by atoms with E-state index in [1.165, 1.54) is 0 Å². The molecule has 0 fully saturated rings. The van der Waals surface area contributed by atoms with Crippen molar-refractivity contribution in [1.82, 2.24) is 4.90 Å². The first-order chi connectivity index (χ1) is 12.9. The van der Waals surface area contributed by atoms with Gasteiger partial charge < -0.3 is 20.1 Å². The Hall–Kier alpha value is -2.21. The van der Waals surface area contributed by atoms with E-state index in [9.17, 15) is 10.1 Å². The number of ether oxygens (including phenoxy) is 2. The second-order valence-corrected chi connectivity index (χ2v) is 7.67. The third kappa shape index (κ3) is 3.27. The maximum absolute atomic E-state index is 12.8. The Bertz CT molecular complexity index is 898. The van der Waals surface area contributed by atoms with Gasteiger partial charge in [0.1, 0.15) is 5.82 Å². The summed E-state index contributed by atoms with van der Waals surface area (Å²) in [5.74, 6) is 1.25. The molecule has 142 valence electrons. The van der Waals surface area contributed by atoms with Crippen LogP contribution in [0.3, 0.4) is 0 Å². The third-order valence-corrected chi connectivity index (χ3v) is 5.84. The van der Waals surface area contributed by atoms with Crippen molar-refractivity contribution in [3.8, 4) is 17.6 Å². The van der Waals surface area contributed by atoms with Crippen LogP contribution < -0.4 is 15.2 Å². The fourth-order valence-corrected chi connectivity index (χ4v) is 4.57. The van der Waals surface area contributed by atoms with Crippen LogP contribution in [0, 0.1) is 14.9 Å². The molecular weight excluding hydrogens is 457 g/mol. The predicted molar refractivity (Wildman–Crippen MR) is 110 cm³/mol. The topological polar surface area (TPSA) is 88.6 Å². The van der Waals surface area contributed by atoms with Crippen LogP contribution in [0.15, 0.2) is 34.8 Å². The molecule has 1 aliphatic heterocycles. The van der Waals surface area contributed by atoms with Crippen molar-refractivity contribution in [2.45, 2.75) is 32.1 Å². The van der Waals surface area contributed by atoms with E-state index >= 15 is 0 Å². The summed E-state index contributed by atoms with van der Waals surface area (Å²) >= 11 is 2.19. The monoisotopic (exact) mass is 479 g/mol. The third-order valence-electron chi connectivity index (χ3n) is 5.04. The Morgan fingerprint density at radius 3 is 2.78 bits per heavy atom. The van der Waals surface area contributed by atoms with E-state index in [-0.39, 0.29) is 5.78 Å². The Labute approximate surface area is 172 Å². The number of hydrogen-bond donors (Lipinski definition) is 1. The smallest absolute Gasteiger partial charge is 0.174 e. The summed E-state index contributed by atoms with van der Waals surface area (Å²) in [5.41, 5.74) is 9.08. The summed E-state index contributed by atoms with van der Waals surface area (Å²) in [6, 6.07) is 6.03. The van der Waals surface area contributed by atoms with Gasteiger partial charge in [0, 0.05) is 24.7 Å². The Morgan fingerprint density at radius 1 is 1.41 bits per heavy atom. The zero-order valence-electron chi connectivity index (χ0n) is 15.6. The van der Waals surface area contributed by atoms with Gasteiger partial charge in [-0.1, -0.05) is 0 Å². The normalized spacial score (nSPS) is 19.7. The van der Waals surface area contributed by atoms with Crippen LogP contribution in [0.25, 0.3) is 0 Å². The van der Waals surface area contributed by atoms with E-state index in [0.717, 1.165) is 27.7 Å². The highest BCUT2D eigenvalue weighted by Gasteiger charge is 2.39. The van der Waals surface area contributed by atoms with Gasteiger partial charge in [0.15, 0.2) is 17.3 Å².